The van der Waals surface area contributed by atoms with Crippen molar-refractivity contribution in [2.75, 3.05) is 12.8 Å². The van der Waals surface area contributed by atoms with Crippen LogP contribution < -0.4 is 10.5 Å². The first-order valence-corrected chi connectivity index (χ1v) is 4.13. The zero-order chi connectivity index (χ0) is 9.42. The zero-order valence-electron chi connectivity index (χ0n) is 7.72. The molecule has 3 nitrogen and oxygen atoms in total. The zero-order valence-corrected chi connectivity index (χ0v) is 7.72. The third kappa shape index (κ3) is 1.22. The number of aromatic amines is 1. The Bertz CT molecular complexity index is 445. The molecule has 0 aliphatic carbocycles. The fraction of sp³-hybridized carbons (Fsp3) is 0.200. The molecule has 0 spiro atoms. The molecule has 3 N–H and O–H groups in total. The summed E-state index contributed by atoms with van der Waals surface area (Å²) in [5.74, 6) is 0.728. The average molecular weight is 176 g/mol. The number of aryl methyl sites for hydroxylation is 1. The fourth-order valence-corrected chi connectivity index (χ4v) is 1.50. The lowest BCUT2D eigenvalue weighted by Crippen LogP contribution is -1.91. The van der Waals surface area contributed by atoms with E-state index in [0.717, 1.165) is 22.3 Å². The number of aromatic nitrogens is 1. The Labute approximate surface area is 76.5 Å². The Kier molecular flexibility index (Phi) is 1.65. The minimum atomic E-state index is 0.664. The summed E-state index contributed by atoms with van der Waals surface area (Å²) in [6.45, 7) is 2.02. The van der Waals surface area contributed by atoms with Crippen LogP contribution in [0.2, 0.25) is 0 Å². The van der Waals surface area contributed by atoms with Gasteiger partial charge in [-0.15, -0.1) is 0 Å². The summed E-state index contributed by atoms with van der Waals surface area (Å²) in [7, 11) is 1.62. The maximum Gasteiger partial charge on any atom is 0.142 e. The second kappa shape index (κ2) is 2.69. The van der Waals surface area contributed by atoms with Crippen LogP contribution in [0.5, 0.6) is 5.75 Å². The van der Waals surface area contributed by atoms with Crippen molar-refractivity contribution in [2.45, 2.75) is 6.92 Å². The molecule has 2 aromatic rings. The lowest BCUT2D eigenvalue weighted by atomic mass is 10.2. The van der Waals surface area contributed by atoms with Crippen molar-refractivity contribution >= 4 is 16.6 Å². The first-order chi connectivity index (χ1) is 6.20. The van der Waals surface area contributed by atoms with E-state index in [1.165, 1.54) is 0 Å². The van der Waals surface area contributed by atoms with Crippen molar-refractivity contribution in [3.8, 4) is 5.75 Å². The molecule has 0 bridgehead atoms. The Morgan fingerprint density at radius 3 is 2.77 bits per heavy atom. The first kappa shape index (κ1) is 7.98. The number of nitrogens with two attached hydrogens (primary N) is 1. The number of H-pyrrole nitrogens is 1. The largest absolute Gasteiger partial charge is 0.495 e. The second-order valence-electron chi connectivity index (χ2n) is 3.13. The molecule has 1 aromatic carbocycles. The number of nitrogens with one attached hydrogen (secondary N) is 1. The van der Waals surface area contributed by atoms with Gasteiger partial charge in [-0.1, -0.05) is 0 Å². The standard InChI is InChI=1S/C10H12N2O/c1-6-3-7-4-10(13-2)8(11)5-9(7)12-6/h3-5,12H,11H2,1-2H3. The molecule has 2 rings (SSSR count). The van der Waals surface area contributed by atoms with Crippen molar-refractivity contribution in [1.82, 2.24) is 4.98 Å². The Morgan fingerprint density at radius 2 is 2.08 bits per heavy atom. The molecular weight excluding hydrogens is 164 g/mol. The van der Waals surface area contributed by atoms with Gasteiger partial charge in [-0.25, -0.2) is 0 Å². The van der Waals surface area contributed by atoms with Crippen LogP contribution in [-0.4, -0.2) is 12.1 Å². The van der Waals surface area contributed by atoms with Crippen LogP contribution in [0.1, 0.15) is 5.69 Å². The number of methoxy groups -OCH3 is 1. The van der Waals surface area contributed by atoms with E-state index in [9.17, 15) is 0 Å². The highest BCUT2D eigenvalue weighted by atomic mass is 16.5. The molecule has 0 radical (unpaired) electrons. The van der Waals surface area contributed by atoms with Gasteiger partial charge in [0.15, 0.2) is 0 Å². The van der Waals surface area contributed by atoms with Crippen LogP contribution in [0.15, 0.2) is 18.2 Å². The van der Waals surface area contributed by atoms with Crippen LogP contribution in [0.25, 0.3) is 10.9 Å². The van der Waals surface area contributed by atoms with Gasteiger partial charge >= 0.3 is 0 Å². The average Bonchev–Trinajstić information content (AvgIpc) is 2.42. The smallest absolute Gasteiger partial charge is 0.142 e. The number of anilines is 1. The van der Waals surface area contributed by atoms with Crippen LogP contribution in [-0.2, 0) is 0 Å². The van der Waals surface area contributed by atoms with E-state index in [2.05, 4.69) is 11.1 Å². The molecule has 1 heterocycles. The van der Waals surface area contributed by atoms with E-state index >= 15 is 0 Å². The molecule has 0 fully saturated rings. The molecule has 0 saturated heterocycles. The van der Waals surface area contributed by atoms with Crippen molar-refractivity contribution in [2.24, 2.45) is 0 Å². The van der Waals surface area contributed by atoms with Crippen molar-refractivity contribution < 1.29 is 4.74 Å². The summed E-state index contributed by atoms with van der Waals surface area (Å²) in [5, 5.41) is 1.13. The highest BCUT2D eigenvalue weighted by Gasteiger charge is 2.03. The maximum atomic E-state index is 5.76. The topological polar surface area (TPSA) is 51.0 Å². The van der Waals surface area contributed by atoms with E-state index in [-0.39, 0.29) is 0 Å². The molecule has 0 saturated carbocycles. The third-order valence-electron chi connectivity index (χ3n) is 2.11. The molecule has 0 unspecified atom stereocenters. The SMILES string of the molecule is COc1cc2cc(C)[nH]c2cc1N. The molecule has 1 aromatic heterocycles. The minimum Gasteiger partial charge on any atom is -0.495 e. The predicted molar refractivity (Wildman–Crippen MR) is 54.0 cm³/mol. The monoisotopic (exact) mass is 176 g/mol. The van der Waals surface area contributed by atoms with E-state index in [0.29, 0.717) is 5.69 Å². The van der Waals surface area contributed by atoms with Crippen LogP contribution in [0, 0.1) is 6.92 Å². The molecule has 0 aliphatic heterocycles. The summed E-state index contributed by atoms with van der Waals surface area (Å²) < 4.78 is 5.12. The minimum absolute atomic E-state index is 0.664. The Hall–Kier alpha value is -1.64. The number of benzene rings is 1. The van der Waals surface area contributed by atoms with Gasteiger partial charge in [-0.05, 0) is 25.1 Å². The van der Waals surface area contributed by atoms with Crippen LogP contribution in [0.3, 0.4) is 0 Å². The Morgan fingerprint density at radius 1 is 1.31 bits per heavy atom. The number of rotatable bonds is 1. The molecule has 0 amide bonds. The number of nitrogen functional groups attached to an aromatic ring is 1. The van der Waals surface area contributed by atoms with E-state index < -0.39 is 0 Å². The number of hydrogen-bond acceptors (Lipinski definition) is 2. The lowest BCUT2D eigenvalue weighted by Gasteiger charge is -2.03. The van der Waals surface area contributed by atoms with Gasteiger partial charge in [-0.2, -0.15) is 0 Å². The lowest BCUT2D eigenvalue weighted by molar-refractivity contribution is 0.417. The van der Waals surface area contributed by atoms with Crippen molar-refractivity contribution in [3.05, 3.63) is 23.9 Å². The summed E-state index contributed by atoms with van der Waals surface area (Å²) in [6.07, 6.45) is 0. The summed E-state index contributed by atoms with van der Waals surface area (Å²) in [4.78, 5) is 3.22. The van der Waals surface area contributed by atoms with Gasteiger partial charge in [0.25, 0.3) is 0 Å². The first-order valence-electron chi connectivity index (χ1n) is 4.13. The van der Waals surface area contributed by atoms with Gasteiger partial charge < -0.3 is 15.5 Å². The predicted octanol–water partition coefficient (Wildman–Crippen LogP) is 2.07. The second-order valence-corrected chi connectivity index (χ2v) is 3.13. The van der Waals surface area contributed by atoms with E-state index in [1.807, 2.05) is 19.1 Å². The normalized spacial score (nSPS) is 10.6. The highest BCUT2D eigenvalue weighted by molar-refractivity contribution is 5.86. The van der Waals surface area contributed by atoms with E-state index in [4.69, 9.17) is 10.5 Å². The number of hydrogen-bond donors (Lipinski definition) is 2. The molecular formula is C10H12N2O. The summed E-state index contributed by atoms with van der Waals surface area (Å²) >= 11 is 0. The van der Waals surface area contributed by atoms with Crippen LogP contribution in [0.4, 0.5) is 5.69 Å². The summed E-state index contributed by atoms with van der Waals surface area (Å²) in [6, 6.07) is 5.90. The third-order valence-corrected chi connectivity index (χ3v) is 2.11. The van der Waals surface area contributed by atoms with Crippen LogP contribution >= 0.6 is 0 Å². The van der Waals surface area contributed by atoms with Crippen molar-refractivity contribution in [1.29, 1.82) is 0 Å². The molecule has 3 heteroatoms. The molecule has 0 aliphatic rings. The molecule has 0 atom stereocenters. The quantitative estimate of drug-likeness (QED) is 0.653. The van der Waals surface area contributed by atoms with Gasteiger partial charge in [-0.3, -0.25) is 0 Å². The van der Waals surface area contributed by atoms with E-state index in [1.54, 1.807) is 7.11 Å². The van der Waals surface area contributed by atoms with Gasteiger partial charge in [0.05, 0.1) is 12.8 Å². The van der Waals surface area contributed by atoms with Crippen molar-refractivity contribution in [3.63, 3.8) is 0 Å². The maximum absolute atomic E-state index is 5.76. The fourth-order valence-electron chi connectivity index (χ4n) is 1.50. The van der Waals surface area contributed by atoms with Gasteiger partial charge in [0, 0.05) is 16.6 Å². The summed E-state index contributed by atoms with van der Waals surface area (Å²) in [5.41, 5.74) is 8.60. The molecule has 68 valence electrons. The highest BCUT2D eigenvalue weighted by Crippen LogP contribution is 2.27. The van der Waals surface area contributed by atoms with Gasteiger partial charge in [0.2, 0.25) is 0 Å². The number of ether oxygens (including phenoxy) is 1. The number of fused-ring (bicyclic) bond motifs is 1. The van der Waals surface area contributed by atoms with Gasteiger partial charge in [0.1, 0.15) is 5.75 Å². The molecule has 13 heavy (non-hydrogen) atoms. The Balaban J connectivity index is 2.72.